The lowest BCUT2D eigenvalue weighted by molar-refractivity contribution is -0.118. The molecule has 0 spiro atoms. The molecule has 6 heteroatoms. The van der Waals surface area contributed by atoms with Crippen molar-refractivity contribution in [3.05, 3.63) is 53.6 Å². The number of rotatable bonds is 7. The van der Waals surface area contributed by atoms with E-state index in [0.29, 0.717) is 17.0 Å². The maximum absolute atomic E-state index is 12.4. The Kier molecular flexibility index (Phi) is 7.11. The van der Waals surface area contributed by atoms with E-state index in [4.69, 9.17) is 15.2 Å². The Morgan fingerprint density at radius 2 is 1.86 bits per heavy atom. The van der Waals surface area contributed by atoms with Crippen LogP contribution < -0.4 is 15.8 Å². The molecule has 0 bridgehead atoms. The van der Waals surface area contributed by atoms with Gasteiger partial charge in [0.2, 0.25) is 0 Å². The average molecular weight is 396 g/mol. The summed E-state index contributed by atoms with van der Waals surface area (Å²) < 4.78 is 11.2. The largest absolute Gasteiger partial charge is 0.482 e. The monoisotopic (exact) mass is 396 g/mol. The molecule has 6 nitrogen and oxygen atoms in total. The number of ether oxygens (including phenoxy) is 2. The highest BCUT2D eigenvalue weighted by molar-refractivity contribution is 5.93. The van der Waals surface area contributed by atoms with Crippen LogP contribution >= 0.6 is 0 Å². The van der Waals surface area contributed by atoms with Gasteiger partial charge in [0.25, 0.3) is 5.91 Å². The van der Waals surface area contributed by atoms with Crippen molar-refractivity contribution in [1.82, 2.24) is 0 Å². The number of nitrogens with two attached hydrogens (primary N) is 1. The van der Waals surface area contributed by atoms with E-state index in [1.165, 1.54) is 12.5 Å². The topological polar surface area (TPSA) is 90.6 Å². The van der Waals surface area contributed by atoms with Gasteiger partial charge in [-0.05, 0) is 61.9 Å². The molecule has 0 aromatic heterocycles. The lowest BCUT2D eigenvalue weighted by Gasteiger charge is -2.22. The highest BCUT2D eigenvalue weighted by Gasteiger charge is 2.19. The van der Waals surface area contributed by atoms with Crippen LogP contribution in [0.25, 0.3) is 0 Å². The van der Waals surface area contributed by atoms with E-state index in [2.05, 4.69) is 5.32 Å². The SMILES string of the molecule is CCc1ccccc1NC(=O)COc1cc(C(=O)OC2CCCCC2)ccc1N. The van der Waals surface area contributed by atoms with Crippen LogP contribution in [-0.4, -0.2) is 24.6 Å². The van der Waals surface area contributed by atoms with Gasteiger partial charge in [-0.3, -0.25) is 4.79 Å². The number of nitrogens with one attached hydrogen (secondary N) is 1. The minimum Gasteiger partial charge on any atom is -0.482 e. The number of anilines is 2. The average Bonchev–Trinajstić information content (AvgIpc) is 2.74. The first-order valence-corrected chi connectivity index (χ1v) is 10.2. The fourth-order valence-corrected chi connectivity index (χ4v) is 3.47. The van der Waals surface area contributed by atoms with Crippen LogP contribution in [0.15, 0.2) is 42.5 Å². The Morgan fingerprint density at radius 3 is 2.62 bits per heavy atom. The molecule has 0 saturated heterocycles. The van der Waals surface area contributed by atoms with Crippen LogP contribution in [0, 0.1) is 0 Å². The smallest absolute Gasteiger partial charge is 0.338 e. The maximum Gasteiger partial charge on any atom is 0.338 e. The van der Waals surface area contributed by atoms with E-state index in [0.717, 1.165) is 43.4 Å². The van der Waals surface area contributed by atoms with Crippen LogP contribution in [0.4, 0.5) is 11.4 Å². The lowest BCUT2D eigenvalue weighted by atomic mass is 9.98. The van der Waals surface area contributed by atoms with Crippen molar-refractivity contribution in [1.29, 1.82) is 0 Å². The molecule has 3 rings (SSSR count). The number of esters is 1. The summed E-state index contributed by atoms with van der Waals surface area (Å²) in [6.45, 7) is 1.82. The zero-order valence-electron chi connectivity index (χ0n) is 16.8. The van der Waals surface area contributed by atoms with Crippen LogP contribution in [0.3, 0.4) is 0 Å². The predicted octanol–water partition coefficient (Wildman–Crippen LogP) is 4.34. The van der Waals surface area contributed by atoms with Gasteiger partial charge in [0.05, 0.1) is 11.3 Å². The lowest BCUT2D eigenvalue weighted by Crippen LogP contribution is -2.22. The number of benzene rings is 2. The molecule has 0 atom stereocenters. The summed E-state index contributed by atoms with van der Waals surface area (Å²) in [5.74, 6) is -0.384. The fourth-order valence-electron chi connectivity index (χ4n) is 3.47. The quantitative estimate of drug-likeness (QED) is 0.537. The third kappa shape index (κ3) is 5.73. The number of hydrogen-bond donors (Lipinski definition) is 2. The minimum absolute atomic E-state index is 0.0254. The molecule has 1 aliphatic rings. The molecule has 1 aliphatic carbocycles. The van der Waals surface area contributed by atoms with Gasteiger partial charge in [0.15, 0.2) is 6.61 Å². The number of hydrogen-bond acceptors (Lipinski definition) is 5. The third-order valence-electron chi connectivity index (χ3n) is 5.11. The number of carbonyl (C=O) groups is 2. The summed E-state index contributed by atoms with van der Waals surface area (Å²) >= 11 is 0. The van der Waals surface area contributed by atoms with E-state index in [9.17, 15) is 9.59 Å². The molecule has 29 heavy (non-hydrogen) atoms. The maximum atomic E-state index is 12.4. The van der Waals surface area contributed by atoms with Gasteiger partial charge in [-0.1, -0.05) is 31.5 Å². The molecule has 2 aromatic carbocycles. The van der Waals surface area contributed by atoms with Crippen molar-refractivity contribution in [3.63, 3.8) is 0 Å². The molecular formula is C23H28N2O4. The van der Waals surface area contributed by atoms with E-state index in [1.807, 2.05) is 31.2 Å². The second-order valence-corrected chi connectivity index (χ2v) is 7.27. The van der Waals surface area contributed by atoms with E-state index in [1.54, 1.807) is 12.1 Å². The fraction of sp³-hybridized carbons (Fsp3) is 0.391. The molecule has 2 aromatic rings. The first-order chi connectivity index (χ1) is 14.1. The second-order valence-electron chi connectivity index (χ2n) is 7.27. The van der Waals surface area contributed by atoms with Crippen molar-refractivity contribution in [2.45, 2.75) is 51.6 Å². The summed E-state index contributed by atoms with van der Waals surface area (Å²) in [5, 5.41) is 2.85. The van der Waals surface area contributed by atoms with Gasteiger partial charge >= 0.3 is 5.97 Å². The first kappa shape index (κ1) is 20.7. The van der Waals surface area contributed by atoms with Crippen LogP contribution in [0.2, 0.25) is 0 Å². The van der Waals surface area contributed by atoms with E-state index in [-0.39, 0.29) is 24.6 Å². The molecule has 0 heterocycles. The standard InChI is InChI=1S/C23H28N2O4/c1-2-16-8-6-7-11-20(16)25-22(26)15-28-21-14-17(12-13-19(21)24)23(27)29-18-9-4-3-5-10-18/h6-8,11-14,18H,2-5,9-10,15,24H2,1H3,(H,25,26). The molecule has 1 saturated carbocycles. The molecule has 3 N–H and O–H groups in total. The Labute approximate surface area is 171 Å². The molecule has 0 aliphatic heterocycles. The van der Waals surface area contributed by atoms with Crippen molar-refractivity contribution < 1.29 is 19.1 Å². The van der Waals surface area contributed by atoms with Crippen molar-refractivity contribution in [3.8, 4) is 5.75 Å². The highest BCUT2D eigenvalue weighted by Crippen LogP contribution is 2.26. The zero-order chi connectivity index (χ0) is 20.6. The summed E-state index contributed by atoms with van der Waals surface area (Å²) in [6.07, 6.45) is 5.97. The zero-order valence-corrected chi connectivity index (χ0v) is 16.8. The van der Waals surface area contributed by atoms with Gasteiger partial charge in [0.1, 0.15) is 11.9 Å². The molecule has 0 radical (unpaired) electrons. The van der Waals surface area contributed by atoms with Crippen molar-refractivity contribution in [2.75, 3.05) is 17.7 Å². The third-order valence-corrected chi connectivity index (χ3v) is 5.11. The number of carbonyl (C=O) groups excluding carboxylic acids is 2. The number of aryl methyl sites for hydroxylation is 1. The summed E-state index contributed by atoms with van der Waals surface area (Å²) in [4.78, 5) is 24.7. The minimum atomic E-state index is -0.386. The Balaban J connectivity index is 1.59. The van der Waals surface area contributed by atoms with Crippen LogP contribution in [-0.2, 0) is 16.0 Å². The summed E-state index contributed by atoms with van der Waals surface area (Å²) in [5.41, 5.74) is 8.50. The van der Waals surface area contributed by atoms with Gasteiger partial charge in [-0.2, -0.15) is 0 Å². The second kappa shape index (κ2) is 9.96. The Hall–Kier alpha value is -3.02. The first-order valence-electron chi connectivity index (χ1n) is 10.2. The van der Waals surface area contributed by atoms with Gasteiger partial charge < -0.3 is 20.5 Å². The van der Waals surface area contributed by atoms with E-state index >= 15 is 0 Å². The molecular weight excluding hydrogens is 368 g/mol. The molecule has 1 fully saturated rings. The molecule has 0 unspecified atom stereocenters. The van der Waals surface area contributed by atoms with Crippen LogP contribution in [0.1, 0.15) is 54.9 Å². The summed E-state index contributed by atoms with van der Waals surface area (Å²) in [6, 6.07) is 12.4. The van der Waals surface area contributed by atoms with Crippen molar-refractivity contribution in [2.24, 2.45) is 0 Å². The summed E-state index contributed by atoms with van der Waals surface area (Å²) in [7, 11) is 0. The Morgan fingerprint density at radius 1 is 1.10 bits per heavy atom. The number of nitrogen functional groups attached to an aromatic ring is 1. The highest BCUT2D eigenvalue weighted by atomic mass is 16.5. The van der Waals surface area contributed by atoms with E-state index < -0.39 is 0 Å². The van der Waals surface area contributed by atoms with Gasteiger partial charge in [-0.15, -0.1) is 0 Å². The van der Waals surface area contributed by atoms with Crippen molar-refractivity contribution >= 4 is 23.3 Å². The molecule has 154 valence electrons. The normalized spacial score (nSPS) is 14.2. The van der Waals surface area contributed by atoms with Crippen LogP contribution in [0.5, 0.6) is 5.75 Å². The molecule has 1 amide bonds. The van der Waals surface area contributed by atoms with Gasteiger partial charge in [0, 0.05) is 5.69 Å². The van der Waals surface area contributed by atoms with Gasteiger partial charge in [-0.25, -0.2) is 4.79 Å². The Bertz CT molecular complexity index is 860. The predicted molar refractivity (Wildman–Crippen MR) is 113 cm³/mol. The number of para-hydroxylation sites is 1. The number of amides is 1.